The van der Waals surface area contributed by atoms with E-state index in [0.717, 1.165) is 11.8 Å². The van der Waals surface area contributed by atoms with Crippen LogP contribution >= 0.6 is 19.6 Å². The molecule has 0 bridgehead atoms. The van der Waals surface area contributed by atoms with Crippen LogP contribution in [0.2, 0.25) is 0 Å². The van der Waals surface area contributed by atoms with Crippen LogP contribution in [-0.4, -0.2) is 79.1 Å². The molecule has 0 aliphatic heterocycles. The van der Waals surface area contributed by atoms with Crippen molar-refractivity contribution in [3.63, 3.8) is 0 Å². The first-order valence-corrected chi connectivity index (χ1v) is 15.3. The summed E-state index contributed by atoms with van der Waals surface area (Å²) >= 11 is 1.08. The molecular weight excluding hydrogens is 583 g/mol. The second-order valence-electron chi connectivity index (χ2n) is 11.7. The van der Waals surface area contributed by atoms with Crippen LogP contribution < -0.4 is 10.6 Å². The van der Waals surface area contributed by atoms with Crippen LogP contribution in [0.1, 0.15) is 68.7 Å². The average Bonchev–Trinajstić information content (AvgIpc) is 2.83. The monoisotopic (exact) mass is 628 g/mol. The lowest BCUT2D eigenvalue weighted by Gasteiger charge is -2.30. The number of ether oxygens (including phenoxy) is 2. The highest BCUT2D eigenvalue weighted by Crippen LogP contribution is 2.51. The molecule has 16 heteroatoms. The molecule has 41 heavy (non-hydrogen) atoms. The Morgan fingerprint density at radius 1 is 0.805 bits per heavy atom. The Labute approximate surface area is 245 Å². The molecule has 0 aromatic carbocycles. The largest absolute Gasteiger partial charge is 0.480 e. The van der Waals surface area contributed by atoms with Gasteiger partial charge in [-0.1, -0.05) is 25.6 Å². The Balaban J connectivity index is 5.06. The maximum Gasteiger partial charge on any atom is 0.480 e. The van der Waals surface area contributed by atoms with E-state index < -0.39 is 68.2 Å². The maximum atomic E-state index is 13.2. The quantitative estimate of drug-likeness (QED) is 0.0922. The van der Waals surface area contributed by atoms with Gasteiger partial charge in [-0.25, -0.2) is 13.6 Å². The molecule has 0 saturated heterocycles. The van der Waals surface area contributed by atoms with Gasteiger partial charge >= 0.3 is 19.8 Å². The summed E-state index contributed by atoms with van der Waals surface area (Å²) in [6, 6.07) is 0. The number of phosphoric acid groups is 1. The van der Waals surface area contributed by atoms with Gasteiger partial charge in [-0.2, -0.15) is 0 Å². The molecule has 0 aromatic rings. The van der Waals surface area contributed by atoms with Crippen molar-refractivity contribution in [3.05, 3.63) is 0 Å². The summed E-state index contributed by atoms with van der Waals surface area (Å²) in [6.07, 6.45) is -1.72. The van der Waals surface area contributed by atoms with Gasteiger partial charge in [-0.05, 0) is 41.5 Å². The van der Waals surface area contributed by atoms with Crippen LogP contribution in [0.4, 0.5) is 0 Å². The number of carbonyl (C=O) groups excluding carboxylic acids is 5. The zero-order valence-electron chi connectivity index (χ0n) is 25.3. The minimum Gasteiger partial charge on any atom is -0.437 e. The second-order valence-corrected chi connectivity index (χ2v) is 14.6. The molecule has 0 spiro atoms. The number of thioether (sulfide) groups is 1. The lowest BCUT2D eigenvalue weighted by atomic mass is 9.87. The van der Waals surface area contributed by atoms with E-state index in [9.17, 15) is 33.6 Å². The SMILES string of the molecule is CC(=O)SCCNC(=O)CCNC(=O)[C@H](O)C(C)(C)COP(=O)(OCOC(=O)C(C)(C)C)OCOC(=O)C(C)(C)C. The van der Waals surface area contributed by atoms with Gasteiger partial charge in [-0.3, -0.25) is 28.5 Å². The predicted octanol–water partition coefficient (Wildman–Crippen LogP) is 2.53. The minimum atomic E-state index is -4.53. The topological polar surface area (TPSA) is 193 Å². The number of phosphoric ester groups is 1. The molecule has 0 heterocycles. The maximum absolute atomic E-state index is 13.2. The van der Waals surface area contributed by atoms with E-state index in [0.29, 0.717) is 12.3 Å². The average molecular weight is 629 g/mol. The predicted molar refractivity (Wildman–Crippen MR) is 150 cm³/mol. The fraction of sp³-hybridized carbons (Fsp3) is 0.800. The van der Waals surface area contributed by atoms with E-state index in [1.807, 2.05) is 0 Å². The third-order valence-corrected chi connectivity index (χ3v) is 7.09. The Morgan fingerprint density at radius 3 is 1.73 bits per heavy atom. The van der Waals surface area contributed by atoms with Crippen LogP contribution in [0.15, 0.2) is 0 Å². The number of hydrogen-bond acceptors (Lipinski definition) is 13. The fourth-order valence-electron chi connectivity index (χ4n) is 2.38. The summed E-state index contributed by atoms with van der Waals surface area (Å²) in [4.78, 5) is 59.2. The van der Waals surface area contributed by atoms with Gasteiger partial charge in [0, 0.05) is 37.6 Å². The van der Waals surface area contributed by atoms with E-state index in [1.54, 1.807) is 41.5 Å². The van der Waals surface area contributed by atoms with E-state index in [1.165, 1.54) is 20.8 Å². The molecule has 1 atom stereocenters. The number of nitrogens with one attached hydrogen (secondary N) is 2. The van der Waals surface area contributed by atoms with Crippen LogP contribution in [-0.2, 0) is 51.6 Å². The zero-order chi connectivity index (χ0) is 32.1. The third-order valence-electron chi connectivity index (χ3n) is 4.99. The number of esters is 2. The Kier molecular flexibility index (Phi) is 16.3. The summed E-state index contributed by atoms with van der Waals surface area (Å²) in [5, 5.41) is 15.6. The third kappa shape index (κ3) is 16.9. The summed E-state index contributed by atoms with van der Waals surface area (Å²) in [5.41, 5.74) is -3.08. The summed E-state index contributed by atoms with van der Waals surface area (Å²) in [7, 11) is -4.53. The fourth-order valence-corrected chi connectivity index (χ4v) is 3.95. The van der Waals surface area contributed by atoms with Crippen molar-refractivity contribution in [2.24, 2.45) is 16.2 Å². The molecule has 0 radical (unpaired) electrons. The van der Waals surface area contributed by atoms with Gasteiger partial charge in [0.2, 0.25) is 25.4 Å². The van der Waals surface area contributed by atoms with Crippen LogP contribution in [0.3, 0.4) is 0 Å². The van der Waals surface area contributed by atoms with Crippen LogP contribution in [0.25, 0.3) is 0 Å². The van der Waals surface area contributed by atoms with Gasteiger partial charge in [0.1, 0.15) is 6.10 Å². The first kappa shape index (κ1) is 39.0. The zero-order valence-corrected chi connectivity index (χ0v) is 27.0. The Morgan fingerprint density at radius 2 is 1.29 bits per heavy atom. The van der Waals surface area contributed by atoms with Crippen molar-refractivity contribution in [2.45, 2.75) is 74.8 Å². The number of aliphatic hydroxyl groups is 1. The second kappa shape index (κ2) is 17.2. The van der Waals surface area contributed by atoms with Crippen LogP contribution in [0.5, 0.6) is 0 Å². The van der Waals surface area contributed by atoms with Gasteiger partial charge < -0.3 is 25.2 Å². The lowest BCUT2D eigenvalue weighted by Crippen LogP contribution is -2.46. The van der Waals surface area contributed by atoms with E-state index in [4.69, 9.17) is 23.0 Å². The van der Waals surface area contributed by atoms with Crippen molar-refractivity contribution in [2.75, 3.05) is 39.0 Å². The highest BCUT2D eigenvalue weighted by atomic mass is 32.2. The highest BCUT2D eigenvalue weighted by Gasteiger charge is 2.39. The molecule has 0 unspecified atom stereocenters. The minimum absolute atomic E-state index is 0.0580. The molecule has 3 N–H and O–H groups in total. The molecule has 0 saturated carbocycles. The first-order chi connectivity index (χ1) is 18.6. The molecular formula is C25H45N2O12PS. The summed E-state index contributed by atoms with van der Waals surface area (Å²) in [6.45, 7) is 12.0. The molecule has 0 aliphatic carbocycles. The standard InChI is InChI=1S/C25H45N2O12PS/c1-17(28)41-13-12-26-18(29)10-11-27-20(31)19(30)25(8,9)14-37-40(34,38-15-35-21(32)23(2,3)4)39-16-36-22(33)24(5,6)7/h19,30H,10-16H2,1-9H3,(H,26,29)(H,27,31)/t19-/m0/s1. The lowest BCUT2D eigenvalue weighted by molar-refractivity contribution is -0.164. The van der Waals surface area contributed by atoms with Crippen LogP contribution in [0, 0.1) is 16.2 Å². The van der Waals surface area contributed by atoms with Gasteiger partial charge in [0.15, 0.2) is 5.12 Å². The molecule has 0 fully saturated rings. The summed E-state index contributed by atoms with van der Waals surface area (Å²) in [5.74, 6) is -2.04. The van der Waals surface area contributed by atoms with Crippen molar-refractivity contribution in [1.82, 2.24) is 10.6 Å². The van der Waals surface area contributed by atoms with Gasteiger partial charge in [0.25, 0.3) is 0 Å². The van der Waals surface area contributed by atoms with Crippen molar-refractivity contribution in [1.29, 1.82) is 0 Å². The molecule has 0 aromatic heterocycles. The van der Waals surface area contributed by atoms with Crippen molar-refractivity contribution >= 4 is 48.5 Å². The molecule has 0 rings (SSSR count). The molecule has 0 aliphatic rings. The molecule has 14 nitrogen and oxygen atoms in total. The number of amides is 2. The van der Waals surface area contributed by atoms with E-state index in [2.05, 4.69) is 10.6 Å². The Hall–Kier alpha value is -2.03. The summed E-state index contributed by atoms with van der Waals surface area (Å²) < 4.78 is 38.6. The van der Waals surface area contributed by atoms with Gasteiger partial charge in [-0.15, -0.1) is 0 Å². The number of rotatable bonds is 17. The number of carbonyl (C=O) groups is 5. The number of hydrogen-bond donors (Lipinski definition) is 3. The van der Waals surface area contributed by atoms with E-state index in [-0.39, 0.29) is 24.0 Å². The number of aliphatic hydroxyl groups excluding tert-OH is 1. The van der Waals surface area contributed by atoms with Crippen molar-refractivity contribution in [3.8, 4) is 0 Å². The molecule has 2 amide bonds. The molecule has 238 valence electrons. The van der Waals surface area contributed by atoms with Crippen molar-refractivity contribution < 1.29 is 56.7 Å². The van der Waals surface area contributed by atoms with E-state index >= 15 is 0 Å². The normalized spacial score (nSPS) is 13.2. The van der Waals surface area contributed by atoms with Gasteiger partial charge in [0.05, 0.1) is 17.4 Å². The Bertz CT molecular complexity index is 923. The highest BCUT2D eigenvalue weighted by molar-refractivity contribution is 8.13. The smallest absolute Gasteiger partial charge is 0.437 e. The first-order valence-electron chi connectivity index (χ1n) is 12.8.